The summed E-state index contributed by atoms with van der Waals surface area (Å²) in [5, 5.41) is 10.4. The fourth-order valence-corrected chi connectivity index (χ4v) is 2.61. The normalized spacial score (nSPS) is 12.8. The van der Waals surface area contributed by atoms with Gasteiger partial charge in [-0.2, -0.15) is 13.2 Å². The van der Waals surface area contributed by atoms with Crippen LogP contribution in [0.3, 0.4) is 0 Å². The first-order chi connectivity index (χ1) is 10.9. The molecule has 0 aliphatic carbocycles. The monoisotopic (exact) mass is 368 g/mol. The molecule has 0 fully saturated rings. The number of Topliss-reactive ketones (excluding diaryl/α,β-unsaturated/α-hetero) is 1. The summed E-state index contributed by atoms with van der Waals surface area (Å²) in [6.07, 6.45) is -4.92. The first-order valence-electron chi connectivity index (χ1n) is 6.93. The number of halogens is 4. The lowest BCUT2D eigenvalue weighted by Crippen LogP contribution is -2.48. The molecule has 0 saturated carbocycles. The van der Waals surface area contributed by atoms with E-state index in [2.05, 4.69) is 0 Å². The number of nitrogens with zero attached hydrogens (tertiary/aromatic N) is 1. The van der Waals surface area contributed by atoms with Gasteiger partial charge in [-0.15, -0.1) is 0 Å². The van der Waals surface area contributed by atoms with Crippen molar-refractivity contribution in [3.8, 4) is 0 Å². The summed E-state index contributed by atoms with van der Waals surface area (Å²) in [6.45, 7) is 2.76. The Bertz CT molecular complexity index is 683. The third kappa shape index (κ3) is 3.89. The second kappa shape index (κ2) is 7.25. The van der Waals surface area contributed by atoms with Crippen LogP contribution in [0.15, 0.2) is 0 Å². The minimum Gasteiger partial charge on any atom is -0.478 e. The van der Waals surface area contributed by atoms with Gasteiger partial charge in [0, 0.05) is 7.05 Å². The Kier molecular flexibility index (Phi) is 6.04. The lowest BCUT2D eigenvalue weighted by Gasteiger charge is -2.20. The standard InChI is InChI=1S/C14H16ClF3N2O4/c1-4-5-7(14(16,17)18)19-12(22)10(21)9-6(2)8(13(23)24)11(15)20(9)3/h7H,4-5H2,1-3H3,(H,19,22)(H,23,24)/t7-/m0/s1. The predicted molar refractivity (Wildman–Crippen MR) is 79.3 cm³/mol. The average Bonchev–Trinajstić information content (AvgIpc) is 2.66. The van der Waals surface area contributed by atoms with Gasteiger partial charge in [0.15, 0.2) is 0 Å². The van der Waals surface area contributed by atoms with Gasteiger partial charge in [0.2, 0.25) is 0 Å². The van der Waals surface area contributed by atoms with Gasteiger partial charge < -0.3 is 15.0 Å². The lowest BCUT2D eigenvalue weighted by molar-refractivity contribution is -0.161. The summed E-state index contributed by atoms with van der Waals surface area (Å²) in [5.74, 6) is -4.16. The van der Waals surface area contributed by atoms with Gasteiger partial charge in [0.1, 0.15) is 16.8 Å². The molecule has 1 aromatic rings. The van der Waals surface area contributed by atoms with E-state index < -0.39 is 29.9 Å². The summed E-state index contributed by atoms with van der Waals surface area (Å²) in [6, 6.07) is -2.16. The van der Waals surface area contributed by atoms with Crippen molar-refractivity contribution in [2.24, 2.45) is 7.05 Å². The fourth-order valence-electron chi connectivity index (χ4n) is 2.30. The summed E-state index contributed by atoms with van der Waals surface area (Å²) in [4.78, 5) is 35.2. The third-order valence-corrected chi connectivity index (χ3v) is 3.92. The van der Waals surface area contributed by atoms with Crippen molar-refractivity contribution in [3.63, 3.8) is 0 Å². The van der Waals surface area contributed by atoms with E-state index in [1.807, 2.05) is 0 Å². The van der Waals surface area contributed by atoms with Gasteiger partial charge in [0.25, 0.3) is 11.7 Å². The number of hydrogen-bond acceptors (Lipinski definition) is 3. The van der Waals surface area contributed by atoms with Crippen LogP contribution in [0, 0.1) is 6.92 Å². The predicted octanol–water partition coefficient (Wildman–Crippen LogP) is 2.72. The molecule has 134 valence electrons. The number of carboxylic acid groups (broad SMARTS) is 1. The second-order valence-corrected chi connectivity index (χ2v) is 5.55. The van der Waals surface area contributed by atoms with Gasteiger partial charge >= 0.3 is 12.1 Å². The highest BCUT2D eigenvalue weighted by molar-refractivity contribution is 6.44. The molecule has 0 aliphatic rings. The zero-order valence-corrected chi connectivity index (χ0v) is 13.9. The minimum absolute atomic E-state index is 0.0887. The van der Waals surface area contributed by atoms with E-state index in [4.69, 9.17) is 16.7 Å². The number of carbonyl (C=O) groups excluding carboxylic acids is 2. The Morgan fingerprint density at radius 1 is 1.33 bits per heavy atom. The molecule has 1 aromatic heterocycles. The molecule has 1 heterocycles. The van der Waals surface area contributed by atoms with Crippen molar-refractivity contribution in [2.75, 3.05) is 0 Å². The van der Waals surface area contributed by atoms with Crippen LogP contribution in [0.5, 0.6) is 0 Å². The molecule has 1 amide bonds. The number of carboxylic acids is 1. The maximum absolute atomic E-state index is 12.8. The molecule has 0 bridgehead atoms. The summed E-state index contributed by atoms with van der Waals surface area (Å²) in [5.41, 5.74) is -0.835. The Labute approximate surface area is 140 Å². The summed E-state index contributed by atoms with van der Waals surface area (Å²) in [7, 11) is 1.25. The van der Waals surface area contributed by atoms with Crippen molar-refractivity contribution in [1.29, 1.82) is 0 Å². The maximum atomic E-state index is 12.8. The van der Waals surface area contributed by atoms with E-state index in [0.717, 1.165) is 4.57 Å². The Hall–Kier alpha value is -2.03. The summed E-state index contributed by atoms with van der Waals surface area (Å²) >= 11 is 5.81. The molecule has 0 aromatic carbocycles. The number of aromatic carboxylic acids is 1. The molecule has 0 saturated heterocycles. The van der Waals surface area contributed by atoms with Crippen LogP contribution >= 0.6 is 11.6 Å². The van der Waals surface area contributed by atoms with Crippen LogP contribution in [0.2, 0.25) is 5.15 Å². The Morgan fingerprint density at radius 2 is 1.88 bits per heavy atom. The first-order valence-corrected chi connectivity index (χ1v) is 7.31. The van der Waals surface area contributed by atoms with Gasteiger partial charge in [-0.1, -0.05) is 24.9 Å². The molecular formula is C14H16ClF3N2O4. The van der Waals surface area contributed by atoms with Crippen LogP contribution in [-0.2, 0) is 11.8 Å². The van der Waals surface area contributed by atoms with Crippen LogP contribution in [0.25, 0.3) is 0 Å². The number of carbonyl (C=O) groups is 3. The maximum Gasteiger partial charge on any atom is 0.408 e. The largest absolute Gasteiger partial charge is 0.478 e. The Balaban J connectivity index is 3.17. The molecule has 2 N–H and O–H groups in total. The molecule has 0 aliphatic heterocycles. The Morgan fingerprint density at radius 3 is 2.25 bits per heavy atom. The zero-order chi connectivity index (χ0) is 18.8. The molecule has 1 atom stereocenters. The molecule has 24 heavy (non-hydrogen) atoms. The van der Waals surface area contributed by atoms with Crippen LogP contribution in [0.1, 0.15) is 46.2 Å². The molecule has 0 radical (unpaired) electrons. The lowest BCUT2D eigenvalue weighted by atomic mass is 10.1. The van der Waals surface area contributed by atoms with Crippen molar-refractivity contribution < 1.29 is 32.7 Å². The van der Waals surface area contributed by atoms with Gasteiger partial charge in [-0.25, -0.2) is 4.79 Å². The smallest absolute Gasteiger partial charge is 0.408 e. The minimum atomic E-state index is -4.70. The van der Waals surface area contributed by atoms with Crippen LogP contribution in [-0.4, -0.2) is 39.6 Å². The van der Waals surface area contributed by atoms with Crippen molar-refractivity contribution in [3.05, 3.63) is 22.0 Å². The van der Waals surface area contributed by atoms with Gasteiger partial charge in [0.05, 0.1) is 5.69 Å². The van der Waals surface area contributed by atoms with Gasteiger partial charge in [-0.05, 0) is 18.9 Å². The molecule has 0 spiro atoms. The highest BCUT2D eigenvalue weighted by Gasteiger charge is 2.41. The van der Waals surface area contributed by atoms with Crippen LogP contribution < -0.4 is 5.32 Å². The van der Waals surface area contributed by atoms with E-state index in [1.54, 1.807) is 5.32 Å². The van der Waals surface area contributed by atoms with E-state index in [-0.39, 0.29) is 34.8 Å². The van der Waals surface area contributed by atoms with E-state index in [0.29, 0.717) is 0 Å². The third-order valence-electron chi connectivity index (χ3n) is 3.48. The number of ketones is 1. The van der Waals surface area contributed by atoms with E-state index in [9.17, 15) is 27.6 Å². The molecule has 1 rings (SSSR count). The first kappa shape index (κ1) is 20.0. The van der Waals surface area contributed by atoms with Crippen molar-refractivity contribution in [1.82, 2.24) is 9.88 Å². The number of amides is 1. The van der Waals surface area contributed by atoms with Crippen molar-refractivity contribution in [2.45, 2.75) is 38.9 Å². The van der Waals surface area contributed by atoms with Crippen LogP contribution in [0.4, 0.5) is 13.2 Å². The molecular weight excluding hydrogens is 353 g/mol. The highest BCUT2D eigenvalue weighted by atomic mass is 35.5. The molecule has 6 nitrogen and oxygen atoms in total. The number of alkyl halides is 3. The molecule has 10 heteroatoms. The fraction of sp³-hybridized carbons (Fsp3) is 0.500. The number of aromatic nitrogens is 1. The van der Waals surface area contributed by atoms with E-state index >= 15 is 0 Å². The SMILES string of the molecule is CCC[C@H](NC(=O)C(=O)c1c(C)c(C(=O)O)c(Cl)n1C)C(F)(F)F. The van der Waals surface area contributed by atoms with Crippen molar-refractivity contribution >= 4 is 29.3 Å². The molecule has 0 unspecified atom stereocenters. The topological polar surface area (TPSA) is 88.4 Å². The zero-order valence-electron chi connectivity index (χ0n) is 13.1. The summed E-state index contributed by atoms with van der Waals surface area (Å²) < 4.78 is 39.5. The number of hydrogen-bond donors (Lipinski definition) is 2. The number of rotatable bonds is 6. The average molecular weight is 369 g/mol. The second-order valence-electron chi connectivity index (χ2n) is 5.19. The van der Waals surface area contributed by atoms with Gasteiger partial charge in [-0.3, -0.25) is 9.59 Å². The quantitative estimate of drug-likeness (QED) is 0.597. The number of nitrogens with one attached hydrogen (secondary N) is 1. The van der Waals surface area contributed by atoms with E-state index in [1.165, 1.54) is 20.9 Å². The highest BCUT2D eigenvalue weighted by Crippen LogP contribution is 2.27.